The molecule has 0 radical (unpaired) electrons. The van der Waals surface area contributed by atoms with Crippen LogP contribution in [0.25, 0.3) is 10.9 Å². The van der Waals surface area contributed by atoms with Gasteiger partial charge >= 0.3 is 5.97 Å². The molecular weight excluding hydrogens is 283 g/mol. The van der Waals surface area contributed by atoms with E-state index in [-0.39, 0.29) is 5.97 Å². The van der Waals surface area contributed by atoms with Gasteiger partial charge in [0.05, 0.1) is 0 Å². The van der Waals surface area contributed by atoms with Crippen molar-refractivity contribution < 1.29 is 13.9 Å². The van der Waals surface area contributed by atoms with E-state index >= 15 is 0 Å². The molecule has 0 unspecified atom stereocenters. The van der Waals surface area contributed by atoms with Crippen molar-refractivity contribution in [1.29, 1.82) is 0 Å². The number of carbonyl (C=O) groups is 1. The number of esters is 1. The Hall–Kier alpha value is -2.14. The van der Waals surface area contributed by atoms with E-state index in [0.29, 0.717) is 25.3 Å². The van der Waals surface area contributed by atoms with Gasteiger partial charge in [0.15, 0.2) is 0 Å². The number of fused-ring (bicyclic) bond motifs is 1. The molecule has 0 amide bonds. The van der Waals surface area contributed by atoms with Gasteiger partial charge in [0.25, 0.3) is 0 Å². The fraction of sp³-hybridized carbons (Fsp3) is 0.353. The number of benzene rings is 1. The summed E-state index contributed by atoms with van der Waals surface area (Å²) < 4.78 is 18.2. The number of rotatable bonds is 7. The fourth-order valence-corrected chi connectivity index (χ4v) is 2.62. The maximum atomic E-state index is 12.9. The van der Waals surface area contributed by atoms with Crippen LogP contribution in [0.1, 0.15) is 18.2 Å². The first kappa shape index (κ1) is 16.2. The summed E-state index contributed by atoms with van der Waals surface area (Å²) in [4.78, 5) is 16.2. The van der Waals surface area contributed by atoms with Crippen LogP contribution in [0.5, 0.6) is 5.75 Å². The molecule has 0 fully saturated rings. The largest absolute Gasteiger partial charge is 0.426 e. The van der Waals surface area contributed by atoms with Crippen molar-refractivity contribution >= 4 is 16.9 Å². The van der Waals surface area contributed by atoms with E-state index in [9.17, 15) is 9.18 Å². The number of halogens is 1. The van der Waals surface area contributed by atoms with Gasteiger partial charge in [0.2, 0.25) is 0 Å². The number of nitrogens with one attached hydrogen (secondary N) is 1. The first-order valence-electron chi connectivity index (χ1n) is 7.24. The number of carbonyl (C=O) groups excluding carboxylic acids is 1. The SMILES string of the molecule is C=CCN(CF)CCc1c(C)[nH]c2cccc(OC(C)=O)c12. The molecule has 118 valence electrons. The molecule has 1 aromatic heterocycles. The van der Waals surface area contributed by atoms with E-state index in [4.69, 9.17) is 4.74 Å². The summed E-state index contributed by atoms with van der Waals surface area (Å²) in [6.07, 6.45) is 2.35. The quantitative estimate of drug-likeness (QED) is 0.369. The Morgan fingerprint density at radius 3 is 2.91 bits per heavy atom. The lowest BCUT2D eigenvalue weighted by Gasteiger charge is -2.16. The average molecular weight is 304 g/mol. The number of aromatic amines is 1. The maximum Gasteiger partial charge on any atom is 0.308 e. The molecule has 4 nitrogen and oxygen atoms in total. The van der Waals surface area contributed by atoms with Gasteiger partial charge < -0.3 is 9.72 Å². The Morgan fingerprint density at radius 1 is 1.50 bits per heavy atom. The molecular formula is C17H21FN2O2. The molecule has 0 aliphatic rings. The van der Waals surface area contributed by atoms with Crippen LogP contribution in [0.3, 0.4) is 0 Å². The zero-order valence-corrected chi connectivity index (χ0v) is 13.0. The van der Waals surface area contributed by atoms with E-state index in [2.05, 4.69) is 11.6 Å². The monoisotopic (exact) mass is 304 g/mol. The minimum absolute atomic E-state index is 0.352. The standard InChI is InChI=1S/C17H21FN2O2/c1-4-9-20(11-18)10-8-14-12(2)19-15-6-5-7-16(17(14)15)22-13(3)21/h4-7,19H,1,8-11H2,2-3H3. The first-order chi connectivity index (χ1) is 10.6. The number of aryl methyl sites for hydroxylation is 1. The minimum Gasteiger partial charge on any atom is -0.426 e. The van der Waals surface area contributed by atoms with Gasteiger partial charge in [-0.15, -0.1) is 6.58 Å². The molecule has 0 atom stereocenters. The van der Waals surface area contributed by atoms with Gasteiger partial charge in [-0.1, -0.05) is 12.1 Å². The second-order valence-electron chi connectivity index (χ2n) is 5.24. The topological polar surface area (TPSA) is 45.3 Å². The molecule has 0 aliphatic carbocycles. The van der Waals surface area contributed by atoms with Crippen LogP contribution in [0.4, 0.5) is 4.39 Å². The van der Waals surface area contributed by atoms with Crippen molar-refractivity contribution in [2.24, 2.45) is 0 Å². The second-order valence-corrected chi connectivity index (χ2v) is 5.24. The van der Waals surface area contributed by atoms with Gasteiger partial charge in [-0.25, -0.2) is 4.39 Å². The van der Waals surface area contributed by atoms with E-state index in [1.807, 2.05) is 19.1 Å². The van der Waals surface area contributed by atoms with Crippen molar-refractivity contribution in [3.8, 4) is 5.75 Å². The Morgan fingerprint density at radius 2 is 2.27 bits per heavy atom. The van der Waals surface area contributed by atoms with Crippen LogP contribution >= 0.6 is 0 Å². The molecule has 1 aromatic carbocycles. The van der Waals surface area contributed by atoms with Crippen molar-refractivity contribution in [3.05, 3.63) is 42.1 Å². The first-order valence-corrected chi connectivity index (χ1v) is 7.24. The molecule has 2 aromatic rings. The Bertz CT molecular complexity index is 679. The number of hydrogen-bond acceptors (Lipinski definition) is 3. The molecule has 2 rings (SSSR count). The van der Waals surface area contributed by atoms with Crippen LogP contribution in [0, 0.1) is 6.92 Å². The van der Waals surface area contributed by atoms with Gasteiger partial charge in [-0.3, -0.25) is 9.69 Å². The molecule has 0 bridgehead atoms. The van der Waals surface area contributed by atoms with E-state index < -0.39 is 6.80 Å². The highest BCUT2D eigenvalue weighted by Gasteiger charge is 2.15. The summed E-state index contributed by atoms with van der Waals surface area (Å²) in [6.45, 7) is 7.56. The molecule has 0 saturated heterocycles. The highest BCUT2D eigenvalue weighted by molar-refractivity contribution is 5.92. The lowest BCUT2D eigenvalue weighted by Crippen LogP contribution is -2.25. The second kappa shape index (κ2) is 7.22. The van der Waals surface area contributed by atoms with Crippen LogP contribution < -0.4 is 4.74 Å². The predicted octanol–water partition coefficient (Wildman–Crippen LogP) is 3.36. The normalized spacial score (nSPS) is 11.1. The zero-order valence-electron chi connectivity index (χ0n) is 13.0. The third-order valence-corrected chi connectivity index (χ3v) is 3.59. The van der Waals surface area contributed by atoms with Crippen molar-refractivity contribution in [2.75, 3.05) is 19.9 Å². The summed E-state index contributed by atoms with van der Waals surface area (Å²) in [7, 11) is 0. The Balaban J connectivity index is 2.33. The highest BCUT2D eigenvalue weighted by Crippen LogP contribution is 2.31. The number of hydrogen-bond donors (Lipinski definition) is 1. The summed E-state index contributed by atoms with van der Waals surface area (Å²) in [5.74, 6) is 0.189. The van der Waals surface area contributed by atoms with Gasteiger partial charge in [-0.05, 0) is 31.0 Å². The van der Waals surface area contributed by atoms with Crippen molar-refractivity contribution in [1.82, 2.24) is 9.88 Å². The fourth-order valence-electron chi connectivity index (χ4n) is 2.62. The van der Waals surface area contributed by atoms with Crippen molar-refractivity contribution in [2.45, 2.75) is 20.3 Å². The van der Waals surface area contributed by atoms with Crippen LogP contribution in [0.15, 0.2) is 30.9 Å². The average Bonchev–Trinajstić information content (AvgIpc) is 2.79. The van der Waals surface area contributed by atoms with Crippen molar-refractivity contribution in [3.63, 3.8) is 0 Å². The molecule has 22 heavy (non-hydrogen) atoms. The Kier molecular flexibility index (Phi) is 5.33. The van der Waals surface area contributed by atoms with E-state index in [0.717, 1.165) is 22.2 Å². The number of alkyl halides is 1. The lowest BCUT2D eigenvalue weighted by molar-refractivity contribution is -0.131. The Labute approximate surface area is 129 Å². The highest BCUT2D eigenvalue weighted by atomic mass is 19.1. The molecule has 0 aliphatic heterocycles. The summed E-state index contributed by atoms with van der Waals surface area (Å²) >= 11 is 0. The summed E-state index contributed by atoms with van der Waals surface area (Å²) in [5.41, 5.74) is 2.98. The lowest BCUT2D eigenvalue weighted by atomic mass is 10.1. The smallest absolute Gasteiger partial charge is 0.308 e. The molecule has 0 spiro atoms. The number of aromatic nitrogens is 1. The van der Waals surface area contributed by atoms with Crippen LogP contribution in [0.2, 0.25) is 0 Å². The third-order valence-electron chi connectivity index (χ3n) is 3.59. The van der Waals surface area contributed by atoms with E-state index in [1.54, 1.807) is 17.0 Å². The van der Waals surface area contributed by atoms with Crippen LogP contribution in [-0.2, 0) is 11.2 Å². The molecule has 1 N–H and O–H groups in total. The van der Waals surface area contributed by atoms with Gasteiger partial charge in [-0.2, -0.15) is 0 Å². The number of ether oxygens (including phenoxy) is 1. The predicted molar refractivity (Wildman–Crippen MR) is 85.8 cm³/mol. The zero-order chi connectivity index (χ0) is 16.1. The molecule has 0 saturated carbocycles. The molecule has 1 heterocycles. The third kappa shape index (κ3) is 3.54. The molecule has 5 heteroatoms. The summed E-state index contributed by atoms with van der Waals surface area (Å²) in [6, 6.07) is 5.55. The maximum absolute atomic E-state index is 12.9. The van der Waals surface area contributed by atoms with Crippen LogP contribution in [-0.4, -0.2) is 35.7 Å². The van der Waals surface area contributed by atoms with Gasteiger partial charge in [0, 0.05) is 36.6 Å². The van der Waals surface area contributed by atoms with Gasteiger partial charge in [0.1, 0.15) is 12.5 Å². The summed E-state index contributed by atoms with van der Waals surface area (Å²) in [5, 5.41) is 0.896. The number of nitrogens with zero attached hydrogens (tertiary/aromatic N) is 1. The minimum atomic E-state index is -0.510. The number of H-pyrrole nitrogens is 1. The van der Waals surface area contributed by atoms with E-state index in [1.165, 1.54) is 6.92 Å².